The fourth-order valence-corrected chi connectivity index (χ4v) is 4.50. The maximum absolute atomic E-state index is 13.7. The first-order valence-electron chi connectivity index (χ1n) is 13.7. The molecule has 2 aromatic heterocycles. The summed E-state index contributed by atoms with van der Waals surface area (Å²) in [7, 11) is 0. The average molecular weight is 552 g/mol. The summed E-state index contributed by atoms with van der Waals surface area (Å²) < 4.78 is 0. The molecule has 11 heteroatoms. The maximum Gasteiger partial charge on any atom is 0.243 e. The van der Waals surface area contributed by atoms with E-state index in [1.807, 2.05) is 58.2 Å². The number of carbonyl (C=O) groups is 4. The van der Waals surface area contributed by atoms with Crippen molar-refractivity contribution >= 4 is 34.5 Å². The largest absolute Gasteiger partial charge is 0.368 e. The van der Waals surface area contributed by atoms with Gasteiger partial charge in [0, 0.05) is 48.3 Å². The lowest BCUT2D eigenvalue weighted by atomic mass is 10.0. The van der Waals surface area contributed by atoms with E-state index in [1.165, 1.54) is 6.33 Å². The Bertz CT molecular complexity index is 1280. The molecule has 0 saturated heterocycles. The summed E-state index contributed by atoms with van der Waals surface area (Å²) in [6, 6.07) is 4.85. The van der Waals surface area contributed by atoms with Crippen molar-refractivity contribution in [3.8, 4) is 0 Å². The van der Waals surface area contributed by atoms with Crippen molar-refractivity contribution in [1.29, 1.82) is 0 Å². The zero-order valence-corrected chi connectivity index (χ0v) is 23.6. The Morgan fingerprint density at radius 3 is 2.17 bits per heavy atom. The van der Waals surface area contributed by atoms with Crippen LogP contribution >= 0.6 is 0 Å². The third-order valence-electron chi connectivity index (χ3n) is 6.68. The van der Waals surface area contributed by atoms with E-state index >= 15 is 0 Å². The minimum atomic E-state index is -1.04. The number of para-hydroxylation sites is 1. The van der Waals surface area contributed by atoms with Gasteiger partial charge in [-0.2, -0.15) is 0 Å². The van der Waals surface area contributed by atoms with Gasteiger partial charge in [-0.3, -0.25) is 19.2 Å². The molecule has 11 nitrogen and oxygen atoms in total. The van der Waals surface area contributed by atoms with Gasteiger partial charge in [-0.1, -0.05) is 45.9 Å². The van der Waals surface area contributed by atoms with Gasteiger partial charge in [0.1, 0.15) is 18.1 Å². The van der Waals surface area contributed by atoms with Crippen molar-refractivity contribution in [2.24, 2.45) is 17.6 Å². The number of nitrogens with one attached hydrogen (secondary N) is 5. The zero-order valence-electron chi connectivity index (χ0n) is 23.6. The Labute approximate surface area is 234 Å². The number of H-pyrrole nitrogens is 2. The molecule has 0 unspecified atom stereocenters. The number of imidazole rings is 1. The van der Waals surface area contributed by atoms with E-state index in [9.17, 15) is 19.2 Å². The Hall–Kier alpha value is -4.15. The minimum absolute atomic E-state index is 0.103. The number of aromatic amines is 2. The molecule has 216 valence electrons. The fraction of sp³-hybridized carbons (Fsp3) is 0.483. The van der Waals surface area contributed by atoms with Gasteiger partial charge < -0.3 is 31.7 Å². The quantitative estimate of drug-likeness (QED) is 0.169. The lowest BCUT2D eigenvalue weighted by Crippen LogP contribution is -2.57. The van der Waals surface area contributed by atoms with Gasteiger partial charge in [0.25, 0.3) is 0 Å². The first-order valence-corrected chi connectivity index (χ1v) is 13.7. The minimum Gasteiger partial charge on any atom is -0.368 e. The summed E-state index contributed by atoms with van der Waals surface area (Å²) in [5.74, 6) is -1.51. The summed E-state index contributed by atoms with van der Waals surface area (Å²) in [6.07, 6.45) is 6.51. The number of rotatable bonds is 15. The van der Waals surface area contributed by atoms with Gasteiger partial charge in [0.15, 0.2) is 0 Å². The Morgan fingerprint density at radius 2 is 1.55 bits per heavy atom. The molecule has 3 atom stereocenters. The van der Waals surface area contributed by atoms with Crippen LogP contribution in [0.1, 0.15) is 58.2 Å². The Balaban J connectivity index is 1.84. The first kappa shape index (κ1) is 30.4. The molecule has 40 heavy (non-hydrogen) atoms. The van der Waals surface area contributed by atoms with Crippen LogP contribution in [0.15, 0.2) is 43.0 Å². The molecule has 3 rings (SSSR count). The van der Waals surface area contributed by atoms with Crippen molar-refractivity contribution in [3.63, 3.8) is 0 Å². The topological polar surface area (TPSA) is 175 Å². The number of nitrogens with zero attached hydrogens (tertiary/aromatic N) is 1. The standard InChI is InChI=1S/C29H41N7O4/c1-17(2)9-10-26(37)34-24(12-19-14-32-22-8-6-5-7-21(19)22)28(39)36-25(13-20-15-31-16-33-20)29(40)35-23(27(30)38)11-18(3)4/h5-8,14-18,23-25,32H,9-13H2,1-4H3,(H2,30,38)(H,31,33)(H,34,37)(H,35,40)(H,36,39)/t23-,24-,25-/m0/s1. The van der Waals surface area contributed by atoms with Crippen LogP contribution in [0.4, 0.5) is 0 Å². The molecule has 0 aliphatic rings. The van der Waals surface area contributed by atoms with Crippen LogP contribution in [-0.2, 0) is 32.0 Å². The molecule has 0 aliphatic carbocycles. The molecule has 2 heterocycles. The van der Waals surface area contributed by atoms with Crippen molar-refractivity contribution in [1.82, 2.24) is 30.9 Å². The van der Waals surface area contributed by atoms with Gasteiger partial charge in [0.05, 0.1) is 6.33 Å². The van der Waals surface area contributed by atoms with Crippen LogP contribution in [0, 0.1) is 11.8 Å². The molecule has 0 radical (unpaired) electrons. The molecule has 0 aliphatic heterocycles. The number of carbonyl (C=O) groups excluding carboxylic acids is 4. The number of nitrogens with two attached hydrogens (primary N) is 1. The highest BCUT2D eigenvalue weighted by Gasteiger charge is 2.30. The van der Waals surface area contributed by atoms with Gasteiger partial charge in [-0.25, -0.2) is 4.98 Å². The average Bonchev–Trinajstić information content (AvgIpc) is 3.56. The van der Waals surface area contributed by atoms with Crippen LogP contribution in [0.3, 0.4) is 0 Å². The monoisotopic (exact) mass is 551 g/mol. The number of aromatic nitrogens is 3. The van der Waals surface area contributed by atoms with Crippen LogP contribution in [0.25, 0.3) is 10.9 Å². The van der Waals surface area contributed by atoms with Crippen molar-refractivity contribution < 1.29 is 19.2 Å². The van der Waals surface area contributed by atoms with Crippen LogP contribution < -0.4 is 21.7 Å². The number of primary amides is 1. The number of fused-ring (bicyclic) bond motifs is 1. The highest BCUT2D eigenvalue weighted by Crippen LogP contribution is 2.19. The molecule has 0 saturated carbocycles. The van der Waals surface area contributed by atoms with E-state index in [2.05, 4.69) is 30.9 Å². The van der Waals surface area contributed by atoms with Crippen LogP contribution in [0.2, 0.25) is 0 Å². The van der Waals surface area contributed by atoms with Crippen LogP contribution in [-0.4, -0.2) is 56.7 Å². The van der Waals surface area contributed by atoms with E-state index < -0.39 is 35.8 Å². The van der Waals surface area contributed by atoms with Gasteiger partial charge in [-0.15, -0.1) is 0 Å². The molecule has 0 fully saturated rings. The molecule has 1 aromatic carbocycles. The van der Waals surface area contributed by atoms with Crippen molar-refractivity contribution in [2.45, 2.75) is 77.9 Å². The number of amides is 4. The van der Waals surface area contributed by atoms with Crippen molar-refractivity contribution in [3.05, 3.63) is 54.2 Å². The maximum atomic E-state index is 13.7. The molecule has 7 N–H and O–H groups in total. The van der Waals surface area contributed by atoms with Crippen molar-refractivity contribution in [2.75, 3.05) is 0 Å². The van der Waals surface area contributed by atoms with E-state index in [-0.39, 0.29) is 31.1 Å². The lowest BCUT2D eigenvalue weighted by molar-refractivity contribution is -0.133. The predicted octanol–water partition coefficient (Wildman–Crippen LogP) is 2.10. The fourth-order valence-electron chi connectivity index (χ4n) is 4.50. The predicted molar refractivity (Wildman–Crippen MR) is 153 cm³/mol. The van der Waals surface area contributed by atoms with Gasteiger partial charge >= 0.3 is 0 Å². The number of benzene rings is 1. The highest BCUT2D eigenvalue weighted by atomic mass is 16.2. The normalized spacial score (nSPS) is 13.7. The summed E-state index contributed by atoms with van der Waals surface area (Å²) in [4.78, 5) is 62.0. The Kier molecular flexibility index (Phi) is 10.9. The summed E-state index contributed by atoms with van der Waals surface area (Å²) in [5.41, 5.74) is 7.94. The molecular weight excluding hydrogens is 510 g/mol. The molecule has 3 aromatic rings. The van der Waals surface area contributed by atoms with Crippen LogP contribution in [0.5, 0.6) is 0 Å². The number of hydrogen-bond acceptors (Lipinski definition) is 5. The number of hydrogen-bond donors (Lipinski definition) is 6. The molecule has 0 spiro atoms. The lowest BCUT2D eigenvalue weighted by Gasteiger charge is -2.25. The highest BCUT2D eigenvalue weighted by molar-refractivity contribution is 5.94. The third kappa shape index (κ3) is 8.96. The van der Waals surface area contributed by atoms with Gasteiger partial charge in [-0.05, 0) is 36.3 Å². The summed E-state index contributed by atoms with van der Waals surface area (Å²) in [5, 5.41) is 9.32. The zero-order chi connectivity index (χ0) is 29.2. The molecule has 0 bridgehead atoms. The van der Waals surface area contributed by atoms with E-state index in [1.54, 1.807) is 6.20 Å². The summed E-state index contributed by atoms with van der Waals surface area (Å²) >= 11 is 0. The molecular formula is C29H41N7O4. The van der Waals surface area contributed by atoms with E-state index in [0.29, 0.717) is 24.5 Å². The SMILES string of the molecule is CC(C)CCC(=O)N[C@@H](Cc1c[nH]c2ccccc12)C(=O)N[C@@H](Cc1cnc[nH]1)C(=O)N[C@@H](CC(C)C)C(N)=O. The van der Waals surface area contributed by atoms with Gasteiger partial charge in [0.2, 0.25) is 23.6 Å². The van der Waals surface area contributed by atoms with E-state index in [4.69, 9.17) is 5.73 Å². The third-order valence-corrected chi connectivity index (χ3v) is 6.68. The molecule has 4 amide bonds. The second-order valence-electron chi connectivity index (χ2n) is 11.1. The summed E-state index contributed by atoms with van der Waals surface area (Å²) in [6.45, 7) is 7.90. The first-order chi connectivity index (χ1) is 19.0. The Morgan fingerprint density at radius 1 is 0.875 bits per heavy atom. The smallest absolute Gasteiger partial charge is 0.243 e. The second-order valence-corrected chi connectivity index (χ2v) is 11.1. The van der Waals surface area contributed by atoms with E-state index in [0.717, 1.165) is 16.5 Å². The second kappa shape index (κ2) is 14.3.